The van der Waals surface area contributed by atoms with Gasteiger partial charge in [-0.15, -0.1) is 0 Å². The fourth-order valence-corrected chi connectivity index (χ4v) is 3.60. The molecular weight excluding hydrogens is 312 g/mol. The summed E-state index contributed by atoms with van der Waals surface area (Å²) in [5, 5.41) is 3.49. The largest absolute Gasteiger partial charge is 0.380 e. The van der Waals surface area contributed by atoms with Gasteiger partial charge in [-0.3, -0.25) is 14.5 Å². The Labute approximate surface area is 147 Å². The summed E-state index contributed by atoms with van der Waals surface area (Å²) in [4.78, 5) is 26.4. The number of likely N-dealkylation sites (tertiary alicyclic amines) is 1. The fraction of sp³-hybridized carbons (Fsp3) is 0.238. The van der Waals surface area contributed by atoms with Crippen LogP contribution in [0.5, 0.6) is 0 Å². The molecule has 0 saturated carbocycles. The van der Waals surface area contributed by atoms with Gasteiger partial charge >= 0.3 is 0 Å². The highest BCUT2D eigenvalue weighted by Gasteiger charge is 2.28. The molecule has 4 nitrogen and oxygen atoms in total. The molecule has 0 aromatic heterocycles. The molecule has 2 aromatic rings. The number of hydrogen-bond acceptors (Lipinski definition) is 4. The quantitative estimate of drug-likeness (QED) is 0.875. The van der Waals surface area contributed by atoms with Crippen molar-refractivity contribution in [3.05, 3.63) is 77.4 Å². The van der Waals surface area contributed by atoms with Crippen LogP contribution >= 0.6 is 0 Å². The van der Waals surface area contributed by atoms with Gasteiger partial charge < -0.3 is 5.32 Å². The third-order valence-electron chi connectivity index (χ3n) is 4.84. The highest BCUT2D eigenvalue weighted by atomic mass is 16.2. The molecule has 2 aromatic carbocycles. The SMILES string of the molecule is O=C1C=C(NC2CCN(Cc3ccccc3)C2)c2ccccc2C1=O. The van der Waals surface area contributed by atoms with Gasteiger partial charge in [-0.25, -0.2) is 0 Å². The first-order valence-corrected chi connectivity index (χ1v) is 8.63. The molecule has 4 rings (SSSR count). The Balaban J connectivity index is 1.45. The molecule has 1 N–H and O–H groups in total. The Morgan fingerprint density at radius 2 is 1.68 bits per heavy atom. The normalized spacial score (nSPS) is 20.3. The minimum absolute atomic E-state index is 0.282. The van der Waals surface area contributed by atoms with E-state index < -0.39 is 11.6 Å². The summed E-state index contributed by atoms with van der Waals surface area (Å²) in [5.74, 6) is -0.862. The lowest BCUT2D eigenvalue weighted by molar-refractivity contribution is -0.111. The van der Waals surface area contributed by atoms with Gasteiger partial charge in [-0.2, -0.15) is 0 Å². The summed E-state index contributed by atoms with van der Waals surface area (Å²) in [6.45, 7) is 2.89. The van der Waals surface area contributed by atoms with E-state index in [-0.39, 0.29) is 6.04 Å². The Morgan fingerprint density at radius 1 is 0.960 bits per heavy atom. The Kier molecular flexibility index (Phi) is 4.20. The smallest absolute Gasteiger partial charge is 0.233 e. The molecule has 0 radical (unpaired) electrons. The van der Waals surface area contributed by atoms with Gasteiger partial charge in [0, 0.05) is 48.6 Å². The van der Waals surface area contributed by atoms with Crippen molar-refractivity contribution in [3.8, 4) is 0 Å². The molecule has 25 heavy (non-hydrogen) atoms. The highest BCUT2D eigenvalue weighted by molar-refractivity contribution is 6.50. The van der Waals surface area contributed by atoms with Crippen molar-refractivity contribution in [2.24, 2.45) is 0 Å². The molecule has 2 aliphatic rings. The highest BCUT2D eigenvalue weighted by Crippen LogP contribution is 2.25. The lowest BCUT2D eigenvalue weighted by atomic mass is 9.92. The summed E-state index contributed by atoms with van der Waals surface area (Å²) in [5.41, 5.74) is 3.41. The third-order valence-corrected chi connectivity index (χ3v) is 4.84. The predicted octanol–water partition coefficient (Wildman–Crippen LogP) is 2.66. The standard InChI is InChI=1S/C21H20N2O2/c24-20-12-19(17-8-4-5-9-18(17)21(20)25)22-16-10-11-23(14-16)13-15-6-2-1-3-7-15/h1-9,12,16,22H,10-11,13-14H2. The second kappa shape index (κ2) is 6.65. The molecule has 1 atom stereocenters. The van der Waals surface area contributed by atoms with Crippen molar-refractivity contribution in [1.29, 1.82) is 0 Å². The average Bonchev–Trinajstić information content (AvgIpc) is 3.07. The number of ketones is 2. The minimum Gasteiger partial charge on any atom is -0.380 e. The molecule has 1 unspecified atom stereocenters. The van der Waals surface area contributed by atoms with Crippen LogP contribution in [0.3, 0.4) is 0 Å². The van der Waals surface area contributed by atoms with Crippen LogP contribution in [0, 0.1) is 0 Å². The van der Waals surface area contributed by atoms with E-state index in [1.54, 1.807) is 12.1 Å². The maximum absolute atomic E-state index is 12.0. The van der Waals surface area contributed by atoms with E-state index in [1.807, 2.05) is 18.2 Å². The summed E-state index contributed by atoms with van der Waals surface area (Å²) < 4.78 is 0. The van der Waals surface area contributed by atoms with Crippen LogP contribution < -0.4 is 5.32 Å². The fourth-order valence-electron chi connectivity index (χ4n) is 3.60. The van der Waals surface area contributed by atoms with E-state index in [2.05, 4.69) is 34.5 Å². The van der Waals surface area contributed by atoms with Gasteiger partial charge in [0.2, 0.25) is 11.6 Å². The maximum Gasteiger partial charge on any atom is 0.233 e. The summed E-state index contributed by atoms with van der Waals surface area (Å²) >= 11 is 0. The number of hydrogen-bond donors (Lipinski definition) is 1. The van der Waals surface area contributed by atoms with Crippen LogP contribution in [0.15, 0.2) is 60.7 Å². The number of carbonyl (C=O) groups excluding carboxylic acids is 2. The van der Waals surface area contributed by atoms with Gasteiger partial charge in [0.1, 0.15) is 0 Å². The van der Waals surface area contributed by atoms with Gasteiger partial charge in [0.25, 0.3) is 0 Å². The second-order valence-corrected chi connectivity index (χ2v) is 6.65. The van der Waals surface area contributed by atoms with Crippen molar-refractivity contribution in [2.45, 2.75) is 19.0 Å². The molecule has 1 aliphatic heterocycles. The molecule has 0 amide bonds. The summed E-state index contributed by atoms with van der Waals surface area (Å²) in [6, 6.07) is 18.0. The Morgan fingerprint density at radius 3 is 2.48 bits per heavy atom. The maximum atomic E-state index is 12.0. The summed E-state index contributed by atoms with van der Waals surface area (Å²) in [7, 11) is 0. The lowest BCUT2D eigenvalue weighted by Gasteiger charge is -2.22. The zero-order chi connectivity index (χ0) is 17.2. The number of carbonyl (C=O) groups is 2. The average molecular weight is 332 g/mol. The third kappa shape index (κ3) is 3.26. The van der Waals surface area contributed by atoms with Crippen LogP contribution in [0.1, 0.15) is 27.9 Å². The number of benzene rings is 2. The lowest BCUT2D eigenvalue weighted by Crippen LogP contribution is -2.34. The van der Waals surface area contributed by atoms with E-state index in [0.29, 0.717) is 5.56 Å². The Hall–Kier alpha value is -2.72. The predicted molar refractivity (Wildman–Crippen MR) is 97.0 cm³/mol. The van der Waals surface area contributed by atoms with Gasteiger partial charge in [0.15, 0.2) is 0 Å². The van der Waals surface area contributed by atoms with E-state index >= 15 is 0 Å². The molecule has 1 fully saturated rings. The van der Waals surface area contributed by atoms with Gasteiger partial charge in [-0.1, -0.05) is 54.6 Å². The van der Waals surface area contributed by atoms with E-state index in [4.69, 9.17) is 0 Å². The van der Waals surface area contributed by atoms with Crippen molar-refractivity contribution in [1.82, 2.24) is 10.2 Å². The van der Waals surface area contributed by atoms with Crippen LogP contribution in [-0.4, -0.2) is 35.6 Å². The van der Waals surface area contributed by atoms with E-state index in [1.165, 1.54) is 11.6 Å². The first-order chi connectivity index (χ1) is 12.2. The van der Waals surface area contributed by atoms with Crippen molar-refractivity contribution >= 4 is 17.3 Å². The van der Waals surface area contributed by atoms with Crippen molar-refractivity contribution in [3.63, 3.8) is 0 Å². The van der Waals surface area contributed by atoms with Gasteiger partial charge in [-0.05, 0) is 12.0 Å². The van der Waals surface area contributed by atoms with E-state index in [9.17, 15) is 9.59 Å². The number of rotatable bonds is 4. The monoisotopic (exact) mass is 332 g/mol. The number of nitrogens with zero attached hydrogens (tertiary/aromatic N) is 1. The van der Waals surface area contributed by atoms with Crippen LogP contribution in [-0.2, 0) is 11.3 Å². The molecule has 4 heteroatoms. The minimum atomic E-state index is -0.444. The number of allylic oxidation sites excluding steroid dienone is 1. The molecule has 1 aliphatic carbocycles. The molecular formula is C21H20N2O2. The van der Waals surface area contributed by atoms with Crippen molar-refractivity contribution in [2.75, 3.05) is 13.1 Å². The van der Waals surface area contributed by atoms with E-state index in [0.717, 1.165) is 37.3 Å². The van der Waals surface area contributed by atoms with Crippen LogP contribution in [0.25, 0.3) is 5.70 Å². The topological polar surface area (TPSA) is 49.4 Å². The molecule has 0 spiro atoms. The zero-order valence-electron chi connectivity index (χ0n) is 13.9. The first-order valence-electron chi connectivity index (χ1n) is 8.63. The number of nitrogens with one attached hydrogen (secondary N) is 1. The summed E-state index contributed by atoms with van der Waals surface area (Å²) in [6.07, 6.45) is 2.47. The molecule has 0 bridgehead atoms. The van der Waals surface area contributed by atoms with Gasteiger partial charge in [0.05, 0.1) is 0 Å². The van der Waals surface area contributed by atoms with Crippen LogP contribution in [0.4, 0.5) is 0 Å². The van der Waals surface area contributed by atoms with Crippen LogP contribution in [0.2, 0.25) is 0 Å². The molecule has 1 saturated heterocycles. The van der Waals surface area contributed by atoms with Crippen molar-refractivity contribution < 1.29 is 9.59 Å². The zero-order valence-corrected chi connectivity index (χ0v) is 13.9. The second-order valence-electron chi connectivity index (χ2n) is 6.65. The first kappa shape index (κ1) is 15.8. The number of Topliss-reactive ketones (excluding diaryl/α,β-unsaturated/α-hetero) is 1. The number of fused-ring (bicyclic) bond motifs is 1. The molecule has 1 heterocycles. The Bertz CT molecular complexity index is 842. The molecule has 126 valence electrons.